The van der Waals surface area contributed by atoms with Crippen LogP contribution in [0.1, 0.15) is 81.2 Å². The molecule has 4 bridgehead atoms. The second-order valence-electron chi connectivity index (χ2n) is 9.67. The second-order valence-corrected chi connectivity index (χ2v) is 10.6. The lowest BCUT2D eigenvalue weighted by Gasteiger charge is -2.59. The summed E-state index contributed by atoms with van der Waals surface area (Å²) in [6.07, 6.45) is 8.80. The van der Waals surface area contributed by atoms with E-state index in [2.05, 4.69) is 22.2 Å². The molecule has 1 aromatic heterocycles. The Bertz CT molecular complexity index is 787. The molecule has 0 aromatic carbocycles. The van der Waals surface area contributed by atoms with Gasteiger partial charge in [0.25, 0.3) is 0 Å². The maximum Gasteiger partial charge on any atom is 0.230 e. The summed E-state index contributed by atoms with van der Waals surface area (Å²) in [5, 5.41) is 3.95. The van der Waals surface area contributed by atoms with E-state index in [1.807, 2.05) is 13.8 Å². The summed E-state index contributed by atoms with van der Waals surface area (Å²) in [6.45, 7) is 7.59. The fourth-order valence-corrected chi connectivity index (χ4v) is 7.51. The first-order valence-electron chi connectivity index (χ1n) is 11.1. The van der Waals surface area contributed by atoms with Crippen LogP contribution in [-0.2, 0) is 11.2 Å². The lowest BCUT2D eigenvalue weighted by atomic mass is 9.48. The van der Waals surface area contributed by atoms with E-state index in [0.717, 1.165) is 23.6 Å². The number of hydrogen-bond donors (Lipinski definition) is 1. The van der Waals surface area contributed by atoms with Gasteiger partial charge in [0.05, 0.1) is 17.0 Å². The number of nitrogens with zero attached hydrogens (tertiary/aromatic N) is 2. The van der Waals surface area contributed by atoms with Crippen LogP contribution in [-0.4, -0.2) is 33.5 Å². The fourth-order valence-electron chi connectivity index (χ4n) is 6.55. The first-order valence-corrected chi connectivity index (χ1v) is 12.1. The average molecular weight is 416 g/mol. The van der Waals surface area contributed by atoms with Crippen LogP contribution in [0.2, 0.25) is 0 Å². The van der Waals surface area contributed by atoms with Gasteiger partial charge in [-0.25, -0.2) is 9.97 Å². The van der Waals surface area contributed by atoms with E-state index < -0.39 is 0 Å². The number of rotatable bonds is 7. The number of aromatic nitrogens is 2. The molecule has 4 aliphatic carbocycles. The Labute approximate surface area is 178 Å². The number of Topliss-reactive ketones (excluding diaryl/α,β-unsaturated/α-hetero) is 1. The maximum atomic E-state index is 12.8. The Kier molecular flexibility index (Phi) is 5.75. The highest BCUT2D eigenvalue weighted by molar-refractivity contribution is 8.00. The van der Waals surface area contributed by atoms with E-state index in [1.54, 1.807) is 0 Å². The minimum atomic E-state index is -0.0463. The molecule has 4 fully saturated rings. The quantitative estimate of drug-likeness (QED) is 0.407. The molecule has 0 radical (unpaired) electrons. The van der Waals surface area contributed by atoms with Crippen molar-refractivity contribution in [2.75, 3.05) is 5.75 Å². The van der Waals surface area contributed by atoms with Gasteiger partial charge in [-0.15, -0.1) is 0 Å². The van der Waals surface area contributed by atoms with Crippen LogP contribution in [0.4, 0.5) is 0 Å². The van der Waals surface area contributed by atoms with Gasteiger partial charge in [0.2, 0.25) is 5.91 Å². The number of aryl methyl sites for hydroxylation is 2. The third kappa shape index (κ3) is 4.10. The van der Waals surface area contributed by atoms with Crippen molar-refractivity contribution in [3.63, 3.8) is 0 Å². The van der Waals surface area contributed by atoms with E-state index in [4.69, 9.17) is 0 Å². The van der Waals surface area contributed by atoms with Crippen LogP contribution >= 0.6 is 11.8 Å². The average Bonchev–Trinajstić information content (AvgIpc) is 2.64. The number of thioether (sulfide) groups is 1. The van der Waals surface area contributed by atoms with Crippen LogP contribution in [0.5, 0.6) is 0 Å². The van der Waals surface area contributed by atoms with Gasteiger partial charge in [0, 0.05) is 12.5 Å². The van der Waals surface area contributed by atoms with Gasteiger partial charge in [-0.1, -0.05) is 18.7 Å². The molecule has 0 aliphatic heterocycles. The summed E-state index contributed by atoms with van der Waals surface area (Å²) in [6, 6.07) is 0.217. The van der Waals surface area contributed by atoms with E-state index in [1.165, 1.54) is 57.2 Å². The van der Waals surface area contributed by atoms with Crippen molar-refractivity contribution in [3.05, 3.63) is 17.1 Å². The van der Waals surface area contributed by atoms with Gasteiger partial charge in [-0.2, -0.15) is 0 Å². The van der Waals surface area contributed by atoms with Gasteiger partial charge in [-0.3, -0.25) is 9.59 Å². The third-order valence-electron chi connectivity index (χ3n) is 7.49. The summed E-state index contributed by atoms with van der Waals surface area (Å²) in [5.41, 5.74) is 1.56. The summed E-state index contributed by atoms with van der Waals surface area (Å²) in [7, 11) is 0. The van der Waals surface area contributed by atoms with Crippen LogP contribution < -0.4 is 5.32 Å². The standard InChI is InChI=1S/C23H33N3O2S/c1-5-19-24-13(2)21(14(3)27)22(26-19)29-12-20(28)25-15(4)23-9-16-6-17(10-23)8-18(7-16)11-23/h15-18H,5-12H2,1-4H3,(H,25,28)/t15-,16?,17?,18?,23?/m0/s1. The van der Waals surface area contributed by atoms with Crippen molar-refractivity contribution in [1.29, 1.82) is 0 Å². The van der Waals surface area contributed by atoms with Crippen molar-refractivity contribution in [1.82, 2.24) is 15.3 Å². The Morgan fingerprint density at radius 1 is 1.14 bits per heavy atom. The predicted molar refractivity (Wildman–Crippen MR) is 115 cm³/mol. The van der Waals surface area contributed by atoms with E-state index in [-0.39, 0.29) is 23.5 Å². The molecule has 5 nitrogen and oxygen atoms in total. The molecule has 0 unspecified atom stereocenters. The zero-order valence-electron chi connectivity index (χ0n) is 18.1. The van der Waals surface area contributed by atoms with Crippen molar-refractivity contribution >= 4 is 23.5 Å². The highest BCUT2D eigenvalue weighted by atomic mass is 32.2. The molecule has 158 valence electrons. The van der Waals surface area contributed by atoms with Gasteiger partial charge in [-0.05, 0) is 82.5 Å². The third-order valence-corrected chi connectivity index (χ3v) is 8.47. The van der Waals surface area contributed by atoms with Crippen molar-refractivity contribution < 1.29 is 9.59 Å². The zero-order chi connectivity index (χ0) is 20.8. The number of carbonyl (C=O) groups is 2. The summed E-state index contributed by atoms with van der Waals surface area (Å²) in [5.74, 6) is 3.64. The van der Waals surface area contributed by atoms with E-state index in [0.29, 0.717) is 28.1 Å². The lowest BCUT2D eigenvalue weighted by Crippen LogP contribution is -2.56. The normalized spacial score (nSPS) is 31.0. The first kappa shape index (κ1) is 20.8. The van der Waals surface area contributed by atoms with E-state index in [9.17, 15) is 9.59 Å². The largest absolute Gasteiger partial charge is 0.352 e. The summed E-state index contributed by atoms with van der Waals surface area (Å²) in [4.78, 5) is 33.8. The molecule has 4 aliphatic rings. The fraction of sp³-hybridized carbons (Fsp3) is 0.739. The Morgan fingerprint density at radius 3 is 2.24 bits per heavy atom. The number of amides is 1. The molecular weight excluding hydrogens is 382 g/mol. The van der Waals surface area contributed by atoms with Gasteiger partial charge in [0.15, 0.2) is 5.78 Å². The van der Waals surface area contributed by atoms with Crippen molar-refractivity contribution in [2.24, 2.45) is 23.2 Å². The maximum absolute atomic E-state index is 12.8. The number of hydrogen-bond acceptors (Lipinski definition) is 5. The van der Waals surface area contributed by atoms with E-state index >= 15 is 0 Å². The molecular formula is C23H33N3O2S. The minimum absolute atomic E-state index is 0.0436. The molecule has 1 aromatic rings. The summed E-state index contributed by atoms with van der Waals surface area (Å²) >= 11 is 1.36. The highest BCUT2D eigenvalue weighted by Gasteiger charge is 2.53. The van der Waals surface area contributed by atoms with Crippen LogP contribution in [0, 0.1) is 30.1 Å². The van der Waals surface area contributed by atoms with Crippen molar-refractivity contribution in [2.45, 2.75) is 83.7 Å². The lowest BCUT2D eigenvalue weighted by molar-refractivity contribution is -0.123. The number of carbonyl (C=O) groups excluding carboxylic acids is 2. The SMILES string of the molecule is CCc1nc(C)c(C(C)=O)c(SCC(=O)N[C@@H](C)C23CC4CC(CC(C4)C2)C3)n1. The molecule has 1 N–H and O–H groups in total. The van der Waals surface area contributed by atoms with Gasteiger partial charge < -0.3 is 5.32 Å². The topological polar surface area (TPSA) is 72.0 Å². The van der Waals surface area contributed by atoms with Crippen LogP contribution in [0.15, 0.2) is 5.03 Å². The molecule has 1 heterocycles. The molecule has 4 saturated carbocycles. The van der Waals surface area contributed by atoms with Crippen LogP contribution in [0.3, 0.4) is 0 Å². The van der Waals surface area contributed by atoms with Gasteiger partial charge in [0.1, 0.15) is 10.9 Å². The predicted octanol–water partition coefficient (Wildman–Crippen LogP) is 4.36. The summed E-state index contributed by atoms with van der Waals surface area (Å²) < 4.78 is 0. The Balaban J connectivity index is 1.41. The second kappa shape index (κ2) is 8.01. The van der Waals surface area contributed by atoms with Crippen LogP contribution in [0.25, 0.3) is 0 Å². The molecule has 5 rings (SSSR count). The number of nitrogens with one attached hydrogen (secondary N) is 1. The monoisotopic (exact) mass is 415 g/mol. The first-order chi connectivity index (χ1) is 13.8. The Hall–Kier alpha value is -1.43. The molecule has 29 heavy (non-hydrogen) atoms. The smallest absolute Gasteiger partial charge is 0.230 e. The van der Waals surface area contributed by atoms with Crippen molar-refractivity contribution in [3.8, 4) is 0 Å². The molecule has 0 spiro atoms. The Morgan fingerprint density at radius 2 is 1.72 bits per heavy atom. The van der Waals surface area contributed by atoms with Gasteiger partial charge >= 0.3 is 0 Å². The minimum Gasteiger partial charge on any atom is -0.352 e. The zero-order valence-corrected chi connectivity index (χ0v) is 18.9. The molecule has 0 saturated heterocycles. The molecule has 6 heteroatoms. The highest BCUT2D eigenvalue weighted by Crippen LogP contribution is 2.61. The number of ketones is 1. The molecule has 1 atom stereocenters. The molecule has 1 amide bonds.